The fourth-order valence-corrected chi connectivity index (χ4v) is 4.04. The minimum atomic E-state index is 0. The molecule has 1 atom stereocenters. The average molecular weight is 671 g/mol. The van der Waals surface area contributed by atoms with E-state index in [4.69, 9.17) is 9.79 Å². The molecule has 1 unspecified atom stereocenters. The number of aromatic amines is 1. The van der Waals surface area contributed by atoms with Gasteiger partial charge in [0.2, 0.25) is 0 Å². The number of fused-ring (bicyclic) bond motifs is 1. The van der Waals surface area contributed by atoms with Gasteiger partial charge in [-0.15, -0.1) is 6.20 Å². The molecule has 2 aliphatic rings. The van der Waals surface area contributed by atoms with Crippen LogP contribution in [0.5, 0.6) is 5.75 Å². The van der Waals surface area contributed by atoms with Gasteiger partial charge >= 0.3 is 0 Å². The summed E-state index contributed by atoms with van der Waals surface area (Å²) >= 11 is 0. The normalized spacial score (nSPS) is 16.4. The number of hydrogen-bond acceptors (Lipinski definition) is 5. The molecule has 7 nitrogen and oxygen atoms in total. The van der Waals surface area contributed by atoms with Crippen LogP contribution in [0.2, 0.25) is 0 Å². The predicted octanol–water partition coefficient (Wildman–Crippen LogP) is 5.84. The molecule has 2 fully saturated rings. The third-order valence-corrected chi connectivity index (χ3v) is 6.29. The Hall–Kier alpha value is -2.35. The molecule has 6 rings (SSSR count). The molecule has 2 aromatic carbocycles. The summed E-state index contributed by atoms with van der Waals surface area (Å²) in [6.07, 6.45) is 7.80. The van der Waals surface area contributed by atoms with Crippen molar-refractivity contribution in [2.45, 2.75) is 39.5 Å². The summed E-state index contributed by atoms with van der Waals surface area (Å²) < 4.78 is 1.76. The zero-order chi connectivity index (χ0) is 27.2. The number of rotatable bonds is 3. The molecule has 0 bridgehead atoms. The smallest absolute Gasteiger partial charge is 0.149 e. The fraction of sp³-hybridized carbons (Fsp3) is 0.375. The standard InChI is InChI=1S/C19H22N5O.C6H6.C4H8.C2H4O.CH3.Pr/c1-23-10-4-5-14(13-23)12-20-19-11-16(15-6-2-3-7-17(15)25)22-18-8-9-21-24(18)19;1-2-4-6-5-3-1;1-4-2-3-4;1-2-3;;/h2-3,6-7,9,11,14,22,25H,4-5,10,12-13H2,1H3;1-6H;4H,2-3H2,1H3;2H,1H3;1H3;/q-1;;;;-1;. The monoisotopic (exact) mass is 670 g/mol. The average Bonchev–Trinajstić information content (AvgIpc) is 3.57. The number of piperidine rings is 1. The number of H-pyrrole nitrogens is 1. The van der Waals surface area contributed by atoms with E-state index in [0.717, 1.165) is 47.7 Å². The largest absolute Gasteiger partial charge is 0.507 e. The summed E-state index contributed by atoms with van der Waals surface area (Å²) in [5, 5.41) is 14.5. The number of hydrogen-bond donors (Lipinski definition) is 2. The Kier molecular flexibility index (Phi) is 17.6. The number of phenols is 1. The molecule has 213 valence electrons. The summed E-state index contributed by atoms with van der Waals surface area (Å²) in [4.78, 5) is 19.3. The van der Waals surface area contributed by atoms with Crippen molar-refractivity contribution >= 4 is 11.9 Å². The molecular formula is C32H43N5O2Pr-2. The summed E-state index contributed by atoms with van der Waals surface area (Å²) in [6.45, 7) is 6.76. The van der Waals surface area contributed by atoms with E-state index in [1.165, 1.54) is 39.2 Å². The van der Waals surface area contributed by atoms with Crippen molar-refractivity contribution in [2.24, 2.45) is 16.8 Å². The van der Waals surface area contributed by atoms with E-state index in [9.17, 15) is 5.11 Å². The van der Waals surface area contributed by atoms with E-state index in [0.29, 0.717) is 5.92 Å². The number of aldehydes is 1. The molecule has 1 aliphatic heterocycles. The molecule has 0 amide bonds. The Labute approximate surface area is 272 Å². The Balaban J connectivity index is 0.000000442. The summed E-state index contributed by atoms with van der Waals surface area (Å²) in [5.74, 6) is 1.90. The second-order valence-electron chi connectivity index (χ2n) is 9.79. The number of carbonyl (C=O) groups excluding carboxylic acids is 1. The van der Waals surface area contributed by atoms with Gasteiger partial charge in [-0.2, -0.15) is 0 Å². The van der Waals surface area contributed by atoms with Gasteiger partial charge < -0.3 is 33.3 Å². The van der Waals surface area contributed by atoms with Crippen LogP contribution in [0.25, 0.3) is 16.9 Å². The van der Waals surface area contributed by atoms with Gasteiger partial charge in [-0.3, -0.25) is 4.99 Å². The van der Waals surface area contributed by atoms with Crippen molar-refractivity contribution in [3.05, 3.63) is 91.9 Å². The van der Waals surface area contributed by atoms with Crippen LogP contribution in [-0.4, -0.2) is 57.6 Å². The third kappa shape index (κ3) is 12.4. The number of likely N-dealkylation sites (tertiary alicyclic amines) is 1. The number of aromatic hydroxyl groups is 1. The van der Waals surface area contributed by atoms with Crippen molar-refractivity contribution in [3.8, 4) is 17.0 Å². The van der Waals surface area contributed by atoms with Crippen molar-refractivity contribution < 1.29 is 51.2 Å². The number of nitrogens with one attached hydrogen (secondary N) is 1. The molecule has 2 aromatic heterocycles. The first-order valence-electron chi connectivity index (χ1n) is 13.4. The van der Waals surface area contributed by atoms with Crippen LogP contribution < -0.4 is 5.49 Å². The molecule has 8 heteroatoms. The molecular weight excluding hydrogens is 627 g/mol. The number of carbonyl (C=O) groups is 1. The maximum atomic E-state index is 10.2. The minimum Gasteiger partial charge on any atom is -0.507 e. The number of para-hydroxylation sites is 1. The maximum absolute atomic E-state index is 10.2. The van der Waals surface area contributed by atoms with E-state index >= 15 is 0 Å². The molecule has 1 saturated carbocycles. The van der Waals surface area contributed by atoms with Gasteiger partial charge in [-0.25, -0.2) is 9.61 Å². The topological polar surface area (TPSA) is 86.0 Å². The second kappa shape index (κ2) is 19.7. The quantitative estimate of drug-likeness (QED) is 0.212. The van der Waals surface area contributed by atoms with Gasteiger partial charge in [-0.05, 0) is 63.0 Å². The van der Waals surface area contributed by atoms with Crippen LogP contribution in [0.15, 0.2) is 77.9 Å². The van der Waals surface area contributed by atoms with Gasteiger partial charge in [0, 0.05) is 66.0 Å². The van der Waals surface area contributed by atoms with E-state index in [2.05, 4.69) is 35.0 Å². The van der Waals surface area contributed by atoms with Gasteiger partial charge in [-0.1, -0.05) is 68.3 Å². The van der Waals surface area contributed by atoms with Gasteiger partial charge in [0.25, 0.3) is 0 Å². The van der Waals surface area contributed by atoms with Gasteiger partial charge in [0.15, 0.2) is 0 Å². The zero-order valence-electron chi connectivity index (χ0n) is 24.3. The summed E-state index contributed by atoms with van der Waals surface area (Å²) in [6, 6.07) is 24.3. The van der Waals surface area contributed by atoms with E-state index in [-0.39, 0.29) is 54.5 Å². The molecule has 1 aliphatic carbocycles. The van der Waals surface area contributed by atoms with Crippen LogP contribution in [0.3, 0.4) is 0 Å². The van der Waals surface area contributed by atoms with Crippen LogP contribution in [0.1, 0.15) is 39.5 Å². The molecule has 3 heterocycles. The fourth-order valence-electron chi connectivity index (χ4n) is 4.04. The minimum absolute atomic E-state index is 0. The summed E-state index contributed by atoms with van der Waals surface area (Å²) in [5.41, 5.74) is 3.07. The second-order valence-corrected chi connectivity index (χ2v) is 9.79. The Morgan fingerprint density at radius 3 is 2.25 bits per heavy atom. The van der Waals surface area contributed by atoms with E-state index in [1.54, 1.807) is 16.8 Å². The maximum Gasteiger partial charge on any atom is 0.149 e. The Morgan fingerprint density at radius 2 is 1.70 bits per heavy atom. The van der Waals surface area contributed by atoms with E-state index < -0.39 is 0 Å². The number of phenolic OH excluding ortho intramolecular Hbond substituents is 1. The predicted molar refractivity (Wildman–Crippen MR) is 159 cm³/mol. The molecule has 1 radical (unpaired) electrons. The van der Waals surface area contributed by atoms with Crippen molar-refractivity contribution in [1.82, 2.24) is 19.5 Å². The molecule has 40 heavy (non-hydrogen) atoms. The number of aromatic nitrogens is 3. The number of benzene rings is 2. The van der Waals surface area contributed by atoms with Gasteiger partial charge in [0.05, 0.1) is 5.69 Å². The first-order valence-corrected chi connectivity index (χ1v) is 13.4. The van der Waals surface area contributed by atoms with Crippen LogP contribution >= 0.6 is 0 Å². The summed E-state index contributed by atoms with van der Waals surface area (Å²) in [7, 11) is 2.17. The molecule has 4 aromatic rings. The molecule has 0 spiro atoms. The molecule has 1 saturated heterocycles. The van der Waals surface area contributed by atoms with Gasteiger partial charge in [0.1, 0.15) is 17.5 Å². The van der Waals surface area contributed by atoms with Crippen molar-refractivity contribution in [1.29, 1.82) is 0 Å². The number of nitrogens with zero attached hydrogens (tertiary/aromatic N) is 4. The van der Waals surface area contributed by atoms with Crippen molar-refractivity contribution in [2.75, 3.05) is 26.7 Å². The Bertz CT molecular complexity index is 1270. The van der Waals surface area contributed by atoms with Crippen molar-refractivity contribution in [3.63, 3.8) is 0 Å². The van der Waals surface area contributed by atoms with Crippen LogP contribution in [-0.2, 0) is 4.79 Å². The Morgan fingerprint density at radius 1 is 1.10 bits per heavy atom. The van der Waals surface area contributed by atoms with Crippen LogP contribution in [0.4, 0.5) is 0 Å². The third-order valence-electron chi connectivity index (χ3n) is 6.29. The first kappa shape index (κ1) is 35.7. The SMILES string of the molecule is CC1CC1.CC=O.CN1CCCC(CN=c2cc(-c3ccccc3O)[nH]c3[c-]cnn23)C1.[CH3-].[Pr].c1ccccc1. The molecule has 2 N–H and O–H groups in total. The van der Waals surface area contributed by atoms with Crippen LogP contribution in [0, 0.1) is 66.6 Å². The van der Waals surface area contributed by atoms with E-state index in [1.807, 2.05) is 60.7 Å². The first-order chi connectivity index (χ1) is 18.5. The zero-order valence-corrected chi connectivity index (χ0v) is 28.0.